The Balaban J connectivity index is 1.52. The molecule has 0 saturated heterocycles. The molecule has 0 aromatic carbocycles. The first-order valence-corrected chi connectivity index (χ1v) is 9.94. The lowest BCUT2D eigenvalue weighted by atomic mass is 9.49. The van der Waals surface area contributed by atoms with Gasteiger partial charge in [-0.15, -0.1) is 10.2 Å². The summed E-state index contributed by atoms with van der Waals surface area (Å²) >= 11 is 5.49. The zero-order valence-electron chi connectivity index (χ0n) is 12.9. The summed E-state index contributed by atoms with van der Waals surface area (Å²) in [6, 6.07) is 0. The number of alkyl halides is 1. The predicted molar refractivity (Wildman–Crippen MR) is 91.3 cm³/mol. The van der Waals surface area contributed by atoms with Crippen LogP contribution in [0, 0.1) is 17.3 Å². The highest BCUT2D eigenvalue weighted by molar-refractivity contribution is 9.10. The largest absolute Gasteiger partial charge is 0.300 e. The van der Waals surface area contributed by atoms with Gasteiger partial charge in [-0.2, -0.15) is 0 Å². The SMILES string of the molecule is CCCc1nnc(NC(=O)C23CC4CC(CC(Br)(C4)C2)C3)s1. The van der Waals surface area contributed by atoms with Crippen molar-refractivity contribution in [2.75, 3.05) is 5.32 Å². The van der Waals surface area contributed by atoms with Gasteiger partial charge in [-0.25, -0.2) is 0 Å². The van der Waals surface area contributed by atoms with Gasteiger partial charge in [-0.1, -0.05) is 34.2 Å². The van der Waals surface area contributed by atoms with Gasteiger partial charge in [0.2, 0.25) is 11.0 Å². The van der Waals surface area contributed by atoms with E-state index < -0.39 is 0 Å². The van der Waals surface area contributed by atoms with E-state index in [4.69, 9.17) is 0 Å². The summed E-state index contributed by atoms with van der Waals surface area (Å²) in [7, 11) is 0. The molecule has 0 radical (unpaired) electrons. The van der Waals surface area contributed by atoms with E-state index in [1.165, 1.54) is 30.6 Å². The second kappa shape index (κ2) is 5.26. The Kier molecular flexibility index (Phi) is 3.60. The number of carbonyl (C=O) groups excluding carboxylic acids is 1. The van der Waals surface area contributed by atoms with Gasteiger partial charge in [0.25, 0.3) is 0 Å². The summed E-state index contributed by atoms with van der Waals surface area (Å²) in [6.45, 7) is 2.13. The molecule has 120 valence electrons. The van der Waals surface area contributed by atoms with E-state index in [2.05, 4.69) is 38.4 Å². The maximum atomic E-state index is 13.0. The first kappa shape index (κ1) is 15.1. The van der Waals surface area contributed by atoms with Crippen molar-refractivity contribution in [3.8, 4) is 0 Å². The summed E-state index contributed by atoms with van der Waals surface area (Å²) in [6.07, 6.45) is 8.92. The number of aromatic nitrogens is 2. The van der Waals surface area contributed by atoms with E-state index in [0.717, 1.165) is 48.9 Å². The fourth-order valence-corrected chi connectivity index (χ4v) is 7.55. The molecule has 4 fully saturated rings. The number of nitrogens with one attached hydrogen (secondary N) is 1. The maximum absolute atomic E-state index is 13.0. The average molecular weight is 384 g/mol. The summed E-state index contributed by atoms with van der Waals surface area (Å²) in [5.41, 5.74) is -0.176. The molecule has 1 N–H and O–H groups in total. The number of hydrogen-bond donors (Lipinski definition) is 1. The quantitative estimate of drug-likeness (QED) is 0.793. The normalized spacial score (nSPS) is 39.2. The van der Waals surface area contributed by atoms with Crippen LogP contribution in [-0.4, -0.2) is 20.4 Å². The molecule has 1 aromatic heterocycles. The third-order valence-electron chi connectivity index (χ3n) is 5.62. The van der Waals surface area contributed by atoms with Gasteiger partial charge in [0.05, 0.1) is 5.41 Å². The van der Waals surface area contributed by atoms with Crippen molar-refractivity contribution < 1.29 is 4.79 Å². The standard InChI is InChI=1S/C16H22BrN3OS/c1-2-3-12-19-20-14(22-12)18-13(21)15-5-10-4-11(6-15)8-16(17,7-10)9-15/h10-11H,2-9H2,1H3,(H,18,20,21). The Morgan fingerprint density at radius 2 is 2.05 bits per heavy atom. The summed E-state index contributed by atoms with van der Waals surface area (Å²) < 4.78 is 0.211. The molecule has 1 aromatic rings. The Bertz CT molecular complexity index is 588. The van der Waals surface area contributed by atoms with Crippen LogP contribution in [0.15, 0.2) is 0 Å². The van der Waals surface area contributed by atoms with Crippen molar-refractivity contribution in [2.24, 2.45) is 17.3 Å². The molecule has 4 saturated carbocycles. The summed E-state index contributed by atoms with van der Waals surface area (Å²) in [5.74, 6) is 1.62. The number of anilines is 1. The minimum atomic E-state index is -0.176. The molecule has 0 spiro atoms. The van der Waals surface area contributed by atoms with Crippen LogP contribution in [0.4, 0.5) is 5.13 Å². The lowest BCUT2D eigenvalue weighted by Crippen LogP contribution is -2.57. The molecule has 5 rings (SSSR count). The number of nitrogens with zero attached hydrogens (tertiary/aromatic N) is 2. The van der Waals surface area contributed by atoms with Crippen molar-refractivity contribution >= 4 is 38.3 Å². The molecule has 4 aliphatic rings. The highest BCUT2D eigenvalue weighted by Crippen LogP contribution is 2.64. The lowest BCUT2D eigenvalue weighted by Gasteiger charge is -2.59. The van der Waals surface area contributed by atoms with E-state index in [-0.39, 0.29) is 15.6 Å². The molecule has 22 heavy (non-hydrogen) atoms. The second-order valence-corrected chi connectivity index (χ2v) is 10.3. The minimum Gasteiger partial charge on any atom is -0.300 e. The average Bonchev–Trinajstić information content (AvgIpc) is 2.83. The Labute approximate surface area is 143 Å². The van der Waals surface area contributed by atoms with Crippen LogP contribution >= 0.6 is 27.3 Å². The number of aryl methyl sites for hydroxylation is 1. The van der Waals surface area contributed by atoms with Crippen molar-refractivity contribution in [3.63, 3.8) is 0 Å². The van der Waals surface area contributed by atoms with Gasteiger partial charge >= 0.3 is 0 Å². The van der Waals surface area contributed by atoms with Gasteiger partial charge in [-0.3, -0.25) is 4.79 Å². The van der Waals surface area contributed by atoms with Crippen LogP contribution in [0.25, 0.3) is 0 Å². The van der Waals surface area contributed by atoms with Gasteiger partial charge in [-0.05, 0) is 56.8 Å². The van der Waals surface area contributed by atoms with E-state index in [0.29, 0.717) is 5.13 Å². The third-order valence-corrected chi connectivity index (χ3v) is 7.45. The fourth-order valence-electron chi connectivity index (χ4n) is 5.27. The Hall–Kier alpha value is -0.490. The number of halogens is 1. The maximum Gasteiger partial charge on any atom is 0.232 e. The first-order valence-electron chi connectivity index (χ1n) is 8.33. The smallest absolute Gasteiger partial charge is 0.232 e. The molecular weight excluding hydrogens is 362 g/mol. The van der Waals surface area contributed by atoms with E-state index in [9.17, 15) is 4.79 Å². The molecule has 4 nitrogen and oxygen atoms in total. The number of hydrogen-bond acceptors (Lipinski definition) is 4. The number of amides is 1. The van der Waals surface area contributed by atoms with Crippen LogP contribution in [-0.2, 0) is 11.2 Å². The molecule has 4 bridgehead atoms. The highest BCUT2D eigenvalue weighted by atomic mass is 79.9. The van der Waals surface area contributed by atoms with Gasteiger partial charge in [0.15, 0.2) is 0 Å². The third kappa shape index (κ3) is 2.52. The Morgan fingerprint density at radius 1 is 1.32 bits per heavy atom. The molecule has 2 atom stereocenters. The van der Waals surface area contributed by atoms with Crippen molar-refractivity contribution in [1.29, 1.82) is 0 Å². The van der Waals surface area contributed by atoms with Crippen LogP contribution in [0.2, 0.25) is 0 Å². The summed E-state index contributed by atoms with van der Waals surface area (Å²) in [5, 5.41) is 13.1. The van der Waals surface area contributed by atoms with Crippen molar-refractivity contribution in [2.45, 2.75) is 62.6 Å². The molecule has 4 aliphatic carbocycles. The van der Waals surface area contributed by atoms with E-state index in [1.54, 1.807) is 0 Å². The zero-order valence-corrected chi connectivity index (χ0v) is 15.3. The zero-order chi connectivity index (χ0) is 15.4. The van der Waals surface area contributed by atoms with E-state index in [1.807, 2.05) is 0 Å². The number of rotatable bonds is 4. The monoisotopic (exact) mass is 383 g/mol. The highest BCUT2D eigenvalue weighted by Gasteiger charge is 2.59. The predicted octanol–water partition coefficient (Wildman–Crippen LogP) is 4.16. The number of carbonyl (C=O) groups is 1. The van der Waals surface area contributed by atoms with Crippen molar-refractivity contribution in [3.05, 3.63) is 5.01 Å². The molecular formula is C16H22BrN3OS. The second-order valence-electron chi connectivity index (χ2n) is 7.60. The van der Waals surface area contributed by atoms with Gasteiger partial charge in [0, 0.05) is 10.7 Å². The molecule has 1 amide bonds. The van der Waals surface area contributed by atoms with Crippen LogP contribution in [0.5, 0.6) is 0 Å². The van der Waals surface area contributed by atoms with Crippen LogP contribution in [0.3, 0.4) is 0 Å². The minimum absolute atomic E-state index is 0.176. The van der Waals surface area contributed by atoms with Crippen molar-refractivity contribution in [1.82, 2.24) is 10.2 Å². The molecule has 2 unspecified atom stereocenters. The first-order chi connectivity index (χ1) is 10.5. The Morgan fingerprint density at radius 3 is 2.68 bits per heavy atom. The fraction of sp³-hybridized carbons (Fsp3) is 0.812. The topological polar surface area (TPSA) is 54.9 Å². The van der Waals surface area contributed by atoms with Crippen LogP contribution in [0.1, 0.15) is 56.9 Å². The lowest BCUT2D eigenvalue weighted by molar-refractivity contribution is -0.138. The molecule has 1 heterocycles. The van der Waals surface area contributed by atoms with Gasteiger partial charge in [0.1, 0.15) is 5.01 Å². The van der Waals surface area contributed by atoms with Gasteiger partial charge < -0.3 is 5.32 Å². The molecule has 0 aliphatic heterocycles. The molecule has 6 heteroatoms. The van der Waals surface area contributed by atoms with E-state index >= 15 is 0 Å². The summed E-state index contributed by atoms with van der Waals surface area (Å²) in [4.78, 5) is 13.0. The van der Waals surface area contributed by atoms with Crippen LogP contribution < -0.4 is 5.32 Å².